The summed E-state index contributed by atoms with van der Waals surface area (Å²) in [5.41, 5.74) is 4.19. The molecule has 1 N–H and O–H groups in total. The van der Waals surface area contributed by atoms with E-state index < -0.39 is 0 Å². The molecule has 4 heterocycles. The van der Waals surface area contributed by atoms with Crippen LogP contribution in [0.15, 0.2) is 9.90 Å². The highest BCUT2D eigenvalue weighted by atomic mass is 32.1. The minimum absolute atomic E-state index is 0.0265. The molecule has 0 spiro atoms. The largest absolute Gasteiger partial charge is 0.394 e. The molecule has 146 valence electrons. The van der Waals surface area contributed by atoms with Gasteiger partial charge in [0.15, 0.2) is 0 Å². The summed E-state index contributed by atoms with van der Waals surface area (Å²) in [6, 6.07) is -0.0265. The fourth-order valence-electron chi connectivity index (χ4n) is 4.26. The summed E-state index contributed by atoms with van der Waals surface area (Å²) in [5, 5.41) is 15.7. The zero-order chi connectivity index (χ0) is 19.0. The molecule has 27 heavy (non-hydrogen) atoms. The summed E-state index contributed by atoms with van der Waals surface area (Å²) >= 11 is 1.69. The molecule has 2 aliphatic rings. The molecule has 4 rings (SSSR count). The zero-order valence-corrected chi connectivity index (χ0v) is 16.8. The molecule has 0 radical (unpaired) electrons. The second-order valence-corrected chi connectivity index (χ2v) is 8.61. The predicted molar refractivity (Wildman–Crippen MR) is 104 cm³/mol. The lowest BCUT2D eigenvalue weighted by Crippen LogP contribution is -2.46. The molecule has 1 saturated heterocycles. The summed E-state index contributed by atoms with van der Waals surface area (Å²) in [7, 11) is 0. The van der Waals surface area contributed by atoms with Crippen molar-refractivity contribution in [3.8, 4) is 0 Å². The van der Waals surface area contributed by atoms with Crippen LogP contribution in [-0.4, -0.2) is 51.7 Å². The van der Waals surface area contributed by atoms with E-state index >= 15 is 0 Å². The second kappa shape index (κ2) is 7.73. The lowest BCUT2D eigenvalue weighted by molar-refractivity contribution is 0.0502. The molecular weight excluding hydrogens is 362 g/mol. The number of amides is 1. The van der Waals surface area contributed by atoms with E-state index in [1.165, 1.54) is 16.0 Å². The van der Waals surface area contributed by atoms with Crippen LogP contribution in [0.4, 0.5) is 0 Å². The maximum atomic E-state index is 13.1. The van der Waals surface area contributed by atoms with Crippen LogP contribution in [0.3, 0.4) is 0 Å². The Morgan fingerprint density at radius 2 is 2.22 bits per heavy atom. The van der Waals surface area contributed by atoms with Gasteiger partial charge in [0.05, 0.1) is 23.9 Å². The lowest BCUT2D eigenvalue weighted by atomic mass is 9.98. The van der Waals surface area contributed by atoms with Crippen LogP contribution in [0.1, 0.15) is 57.1 Å². The Hall–Kier alpha value is -1.70. The molecule has 6 nitrogen and oxygen atoms in total. The standard InChI is InChI=1S/C20H27N3O3S/c1-13-17(14(2)26-21-13)9-22-8-6-16-18(12-27-19(16)10-22)20(25)23-7-4-3-5-15(23)11-24/h12,15,24H,3-11H2,1-2H3/t15-/m0/s1. The van der Waals surface area contributed by atoms with Crippen molar-refractivity contribution in [1.82, 2.24) is 15.0 Å². The van der Waals surface area contributed by atoms with Crippen molar-refractivity contribution >= 4 is 17.2 Å². The van der Waals surface area contributed by atoms with E-state index in [4.69, 9.17) is 4.52 Å². The first-order valence-corrected chi connectivity index (χ1v) is 10.6. The first kappa shape index (κ1) is 18.7. The maximum Gasteiger partial charge on any atom is 0.255 e. The van der Waals surface area contributed by atoms with E-state index in [-0.39, 0.29) is 18.6 Å². The number of rotatable bonds is 4. The van der Waals surface area contributed by atoms with E-state index in [0.29, 0.717) is 0 Å². The van der Waals surface area contributed by atoms with Crippen LogP contribution in [0, 0.1) is 13.8 Å². The second-order valence-electron chi connectivity index (χ2n) is 7.65. The van der Waals surface area contributed by atoms with E-state index in [0.717, 1.165) is 68.9 Å². The van der Waals surface area contributed by atoms with Crippen LogP contribution in [0.25, 0.3) is 0 Å². The molecule has 0 aliphatic carbocycles. The fraction of sp³-hybridized carbons (Fsp3) is 0.600. The third-order valence-electron chi connectivity index (χ3n) is 5.92. The topological polar surface area (TPSA) is 69.8 Å². The summed E-state index contributed by atoms with van der Waals surface area (Å²) in [6.45, 7) is 7.39. The van der Waals surface area contributed by atoms with Gasteiger partial charge in [-0.05, 0) is 45.1 Å². The molecule has 7 heteroatoms. The van der Waals surface area contributed by atoms with Gasteiger partial charge >= 0.3 is 0 Å². The Labute approximate surface area is 163 Å². The minimum atomic E-state index is -0.0265. The number of aliphatic hydroxyl groups excluding tert-OH is 1. The molecule has 0 aromatic carbocycles. The SMILES string of the molecule is Cc1noc(C)c1CN1CCc2c(C(=O)N3CCCC[C@H]3CO)csc2C1. The third-order valence-corrected chi connectivity index (χ3v) is 6.93. The number of aryl methyl sites for hydroxylation is 2. The van der Waals surface area contributed by atoms with Crippen molar-refractivity contribution in [3.05, 3.63) is 38.4 Å². The average Bonchev–Trinajstić information content (AvgIpc) is 3.25. The number of carbonyl (C=O) groups is 1. The van der Waals surface area contributed by atoms with E-state index in [9.17, 15) is 9.90 Å². The molecular formula is C20H27N3O3S. The van der Waals surface area contributed by atoms with Crippen LogP contribution >= 0.6 is 11.3 Å². The predicted octanol–water partition coefficient (Wildman–Crippen LogP) is 2.90. The van der Waals surface area contributed by atoms with Crippen molar-refractivity contribution in [2.24, 2.45) is 0 Å². The minimum Gasteiger partial charge on any atom is -0.394 e. The highest BCUT2D eigenvalue weighted by Crippen LogP contribution is 2.32. The zero-order valence-electron chi connectivity index (χ0n) is 16.0. The van der Waals surface area contributed by atoms with Crippen molar-refractivity contribution in [3.63, 3.8) is 0 Å². The number of hydrogen-bond acceptors (Lipinski definition) is 6. The number of aliphatic hydroxyl groups is 1. The highest BCUT2D eigenvalue weighted by molar-refractivity contribution is 7.10. The Balaban J connectivity index is 1.49. The molecule has 1 atom stereocenters. The molecule has 1 amide bonds. The lowest BCUT2D eigenvalue weighted by Gasteiger charge is -2.35. The van der Waals surface area contributed by atoms with E-state index in [1.54, 1.807) is 11.3 Å². The quantitative estimate of drug-likeness (QED) is 0.871. The first-order chi connectivity index (χ1) is 13.1. The molecule has 1 fully saturated rings. The summed E-state index contributed by atoms with van der Waals surface area (Å²) < 4.78 is 5.29. The van der Waals surface area contributed by atoms with Crippen LogP contribution in [0.2, 0.25) is 0 Å². The van der Waals surface area contributed by atoms with Crippen molar-refractivity contribution in [1.29, 1.82) is 0 Å². The number of aromatic nitrogens is 1. The van der Waals surface area contributed by atoms with Gasteiger partial charge < -0.3 is 14.5 Å². The Kier molecular flexibility index (Phi) is 5.34. The van der Waals surface area contributed by atoms with Gasteiger partial charge in [0.25, 0.3) is 5.91 Å². The highest BCUT2D eigenvalue weighted by Gasteiger charge is 2.31. The van der Waals surface area contributed by atoms with Crippen molar-refractivity contribution in [2.45, 2.75) is 58.7 Å². The normalized spacial score (nSPS) is 20.7. The number of piperidine rings is 1. The Bertz CT molecular complexity index is 809. The molecule has 2 aromatic rings. The Morgan fingerprint density at radius 3 is 2.96 bits per heavy atom. The summed E-state index contributed by atoms with van der Waals surface area (Å²) in [6.07, 6.45) is 3.91. The fourth-order valence-corrected chi connectivity index (χ4v) is 5.37. The van der Waals surface area contributed by atoms with Gasteiger partial charge in [-0.2, -0.15) is 0 Å². The molecule has 0 saturated carbocycles. The van der Waals surface area contributed by atoms with Gasteiger partial charge in [0.1, 0.15) is 5.76 Å². The molecule has 2 aliphatic heterocycles. The van der Waals surface area contributed by atoms with E-state index in [2.05, 4.69) is 10.1 Å². The summed E-state index contributed by atoms with van der Waals surface area (Å²) in [5.74, 6) is 0.992. The number of carbonyl (C=O) groups excluding carboxylic acids is 1. The van der Waals surface area contributed by atoms with Gasteiger partial charge in [0.2, 0.25) is 0 Å². The van der Waals surface area contributed by atoms with Gasteiger partial charge in [0, 0.05) is 42.0 Å². The third kappa shape index (κ3) is 3.56. The van der Waals surface area contributed by atoms with Gasteiger partial charge in [-0.1, -0.05) is 5.16 Å². The van der Waals surface area contributed by atoms with Crippen LogP contribution in [-0.2, 0) is 19.5 Å². The monoisotopic (exact) mass is 389 g/mol. The average molecular weight is 390 g/mol. The summed E-state index contributed by atoms with van der Waals surface area (Å²) in [4.78, 5) is 18.7. The number of nitrogens with zero attached hydrogens (tertiary/aromatic N) is 3. The van der Waals surface area contributed by atoms with Crippen molar-refractivity contribution < 1.29 is 14.4 Å². The number of thiophene rings is 1. The van der Waals surface area contributed by atoms with E-state index in [1.807, 2.05) is 24.1 Å². The number of fused-ring (bicyclic) bond motifs is 1. The number of likely N-dealkylation sites (tertiary alicyclic amines) is 1. The van der Waals surface area contributed by atoms with Gasteiger partial charge in [-0.3, -0.25) is 9.69 Å². The molecule has 0 unspecified atom stereocenters. The Morgan fingerprint density at radius 1 is 1.37 bits per heavy atom. The van der Waals surface area contributed by atoms with Crippen LogP contribution in [0.5, 0.6) is 0 Å². The molecule has 2 aromatic heterocycles. The van der Waals surface area contributed by atoms with Gasteiger partial charge in [-0.15, -0.1) is 11.3 Å². The maximum absolute atomic E-state index is 13.1. The first-order valence-electron chi connectivity index (χ1n) is 9.73. The van der Waals surface area contributed by atoms with Gasteiger partial charge in [-0.25, -0.2) is 0 Å². The molecule has 0 bridgehead atoms. The smallest absolute Gasteiger partial charge is 0.255 e. The number of hydrogen-bond donors (Lipinski definition) is 1. The van der Waals surface area contributed by atoms with Crippen LogP contribution < -0.4 is 0 Å². The van der Waals surface area contributed by atoms with Crippen molar-refractivity contribution in [2.75, 3.05) is 19.7 Å².